The largest absolute Gasteiger partial charge is 0.117 e. The lowest BCUT2D eigenvalue weighted by Crippen LogP contribution is -1.98. The van der Waals surface area contributed by atoms with E-state index in [2.05, 4.69) is 80.0 Å². The van der Waals surface area contributed by atoms with E-state index >= 15 is 0 Å². The Bertz CT molecular complexity index is 632. The number of fused-ring (bicyclic) bond motifs is 1. The molecule has 0 N–H and O–H groups in total. The van der Waals surface area contributed by atoms with E-state index < -0.39 is 0 Å². The Balaban J connectivity index is 1.65. The normalized spacial score (nSPS) is 22.0. The van der Waals surface area contributed by atoms with Gasteiger partial charge in [0.15, 0.2) is 0 Å². The van der Waals surface area contributed by atoms with Crippen molar-refractivity contribution in [3.05, 3.63) is 38.9 Å². The predicted octanol–water partition coefficient (Wildman–Crippen LogP) is 10.2. The molecule has 0 saturated carbocycles. The van der Waals surface area contributed by atoms with Crippen molar-refractivity contribution in [2.45, 2.75) is 72.1 Å². The molecule has 156 valence electrons. The van der Waals surface area contributed by atoms with E-state index in [1.54, 1.807) is 8.47 Å². The lowest BCUT2D eigenvalue weighted by atomic mass is 9.98. The first-order chi connectivity index (χ1) is 13.7. The number of rotatable bonds is 11. The monoisotopic (exact) mass is 488 g/mol. The van der Waals surface area contributed by atoms with E-state index in [1.807, 2.05) is 23.5 Å². The van der Waals surface area contributed by atoms with Gasteiger partial charge in [0.1, 0.15) is 0 Å². The van der Waals surface area contributed by atoms with Gasteiger partial charge in [0, 0.05) is 9.81 Å². The second kappa shape index (κ2) is 12.8. The van der Waals surface area contributed by atoms with Crippen LogP contribution in [0.15, 0.2) is 38.9 Å². The van der Waals surface area contributed by atoms with Crippen molar-refractivity contribution in [3.8, 4) is 0 Å². The van der Waals surface area contributed by atoms with Gasteiger partial charge in [-0.25, -0.2) is 0 Å². The zero-order valence-corrected chi connectivity index (χ0v) is 22.2. The lowest BCUT2D eigenvalue weighted by Gasteiger charge is -2.13. The van der Waals surface area contributed by atoms with E-state index in [4.69, 9.17) is 0 Å². The van der Waals surface area contributed by atoms with Crippen molar-refractivity contribution in [2.24, 2.45) is 5.92 Å². The van der Waals surface area contributed by atoms with Crippen molar-refractivity contribution in [2.75, 3.05) is 11.5 Å². The Hall–Kier alpha value is 1.06. The first-order valence-corrected chi connectivity index (χ1v) is 15.9. The summed E-state index contributed by atoms with van der Waals surface area (Å²) in [7, 11) is 0. The number of unbranched alkanes of at least 4 members (excludes halogenated alkanes) is 4. The van der Waals surface area contributed by atoms with E-state index in [1.165, 1.54) is 81.2 Å². The Morgan fingerprint density at radius 2 is 1.36 bits per heavy atom. The first kappa shape index (κ1) is 23.7. The van der Waals surface area contributed by atoms with Crippen LogP contribution in [0.5, 0.6) is 0 Å². The van der Waals surface area contributed by atoms with Gasteiger partial charge in [-0.3, -0.25) is 0 Å². The molecule has 0 spiro atoms. The molecule has 0 aromatic heterocycles. The SMILES string of the molecule is CCCCCSC1=C(SCCCCC)SC(=C2SC3=CCC(CC)C=C3S2)S1. The van der Waals surface area contributed by atoms with Crippen molar-refractivity contribution >= 4 is 70.6 Å². The van der Waals surface area contributed by atoms with Gasteiger partial charge in [0.25, 0.3) is 0 Å². The predicted molar refractivity (Wildman–Crippen MR) is 143 cm³/mol. The number of hydrogen-bond donors (Lipinski definition) is 0. The summed E-state index contributed by atoms with van der Waals surface area (Å²) >= 11 is 12.4. The Morgan fingerprint density at radius 1 is 0.786 bits per heavy atom. The fraction of sp³-hybridized carbons (Fsp3) is 0.636. The third kappa shape index (κ3) is 6.78. The molecule has 2 aliphatic heterocycles. The summed E-state index contributed by atoms with van der Waals surface area (Å²) < 4.78 is 6.22. The minimum Gasteiger partial charge on any atom is -0.117 e. The number of hydrogen-bond acceptors (Lipinski definition) is 6. The number of thioether (sulfide) groups is 6. The van der Waals surface area contributed by atoms with Gasteiger partial charge in [-0.1, -0.05) is 106 Å². The third-order valence-electron chi connectivity index (χ3n) is 4.83. The standard InChI is InChI=1S/C22H32S6/c1-4-7-9-13-23-19-20(24-14-10-8-5-2)28-22(27-19)21-25-17-12-11-16(6-3)15-18(17)26-21/h12,15-16H,4-11,13-14H2,1-3H3. The first-order valence-electron chi connectivity index (χ1n) is 10.6. The maximum Gasteiger partial charge on any atom is 0.0717 e. The second-order valence-electron chi connectivity index (χ2n) is 7.17. The Morgan fingerprint density at radius 3 is 1.93 bits per heavy atom. The van der Waals surface area contributed by atoms with Crippen LogP contribution in [-0.2, 0) is 0 Å². The fourth-order valence-electron chi connectivity index (χ4n) is 3.05. The van der Waals surface area contributed by atoms with Crippen LogP contribution in [0.2, 0.25) is 0 Å². The van der Waals surface area contributed by atoms with Gasteiger partial charge in [-0.05, 0) is 43.1 Å². The maximum absolute atomic E-state index is 2.53. The molecule has 1 saturated heterocycles. The van der Waals surface area contributed by atoms with Crippen LogP contribution < -0.4 is 0 Å². The van der Waals surface area contributed by atoms with Crippen LogP contribution in [0, 0.1) is 5.92 Å². The molecule has 0 aromatic carbocycles. The van der Waals surface area contributed by atoms with Crippen LogP contribution >= 0.6 is 70.6 Å². The zero-order chi connectivity index (χ0) is 19.8. The average Bonchev–Trinajstić information content (AvgIpc) is 3.32. The summed E-state index contributed by atoms with van der Waals surface area (Å²) in [6, 6.07) is 0. The maximum atomic E-state index is 2.53. The van der Waals surface area contributed by atoms with Gasteiger partial charge < -0.3 is 0 Å². The summed E-state index contributed by atoms with van der Waals surface area (Å²) in [5.74, 6) is 3.29. The lowest BCUT2D eigenvalue weighted by molar-refractivity contribution is 0.631. The highest BCUT2D eigenvalue weighted by molar-refractivity contribution is 8.42. The fourth-order valence-corrected chi connectivity index (χ4v) is 12.0. The van der Waals surface area contributed by atoms with E-state index in [0.717, 1.165) is 5.92 Å². The third-order valence-corrected chi connectivity index (χ3v) is 13.6. The molecule has 0 nitrogen and oxygen atoms in total. The molecular formula is C22H32S6. The summed E-state index contributed by atoms with van der Waals surface area (Å²) in [6.45, 7) is 6.90. The summed E-state index contributed by atoms with van der Waals surface area (Å²) in [5.41, 5.74) is 0. The van der Waals surface area contributed by atoms with Crippen molar-refractivity contribution in [1.82, 2.24) is 0 Å². The van der Waals surface area contributed by atoms with Crippen molar-refractivity contribution in [1.29, 1.82) is 0 Å². The number of allylic oxidation sites excluding steroid dienone is 2. The van der Waals surface area contributed by atoms with Crippen LogP contribution in [0.3, 0.4) is 0 Å². The van der Waals surface area contributed by atoms with Crippen molar-refractivity contribution in [3.63, 3.8) is 0 Å². The molecule has 1 unspecified atom stereocenters. The summed E-state index contributed by atoms with van der Waals surface area (Å²) in [4.78, 5) is 3.03. The molecule has 1 aliphatic carbocycles. The van der Waals surface area contributed by atoms with Gasteiger partial charge in [0.2, 0.25) is 0 Å². The minimum absolute atomic E-state index is 0.743. The van der Waals surface area contributed by atoms with Gasteiger partial charge >= 0.3 is 0 Å². The van der Waals surface area contributed by atoms with Gasteiger partial charge in [-0.2, -0.15) is 0 Å². The average molecular weight is 489 g/mol. The molecule has 6 heteroatoms. The molecule has 0 radical (unpaired) electrons. The highest BCUT2D eigenvalue weighted by Crippen LogP contribution is 2.65. The molecule has 3 rings (SSSR count). The van der Waals surface area contributed by atoms with E-state index in [-0.39, 0.29) is 0 Å². The van der Waals surface area contributed by atoms with Crippen LogP contribution in [0.25, 0.3) is 0 Å². The Labute approximate surface area is 197 Å². The van der Waals surface area contributed by atoms with Crippen molar-refractivity contribution < 1.29 is 0 Å². The molecular weight excluding hydrogens is 457 g/mol. The highest BCUT2D eigenvalue weighted by atomic mass is 32.3. The van der Waals surface area contributed by atoms with E-state index in [9.17, 15) is 0 Å². The van der Waals surface area contributed by atoms with Crippen LogP contribution in [0.4, 0.5) is 0 Å². The van der Waals surface area contributed by atoms with Gasteiger partial charge in [-0.15, -0.1) is 23.5 Å². The summed E-state index contributed by atoms with van der Waals surface area (Å²) in [6.07, 6.45) is 15.5. The molecule has 0 bridgehead atoms. The molecule has 0 aromatic rings. The van der Waals surface area contributed by atoms with Crippen LogP contribution in [0.1, 0.15) is 72.1 Å². The van der Waals surface area contributed by atoms with E-state index in [0.29, 0.717) is 0 Å². The van der Waals surface area contributed by atoms with Gasteiger partial charge in [0.05, 0.1) is 16.9 Å². The highest BCUT2D eigenvalue weighted by Gasteiger charge is 2.31. The minimum atomic E-state index is 0.743. The molecule has 28 heavy (non-hydrogen) atoms. The smallest absolute Gasteiger partial charge is 0.0717 e. The quantitative estimate of drug-likeness (QED) is 0.263. The Kier molecular flexibility index (Phi) is 10.8. The molecule has 1 atom stereocenters. The topological polar surface area (TPSA) is 0 Å². The van der Waals surface area contributed by atoms with Crippen LogP contribution in [-0.4, -0.2) is 11.5 Å². The molecule has 0 amide bonds. The second-order valence-corrected chi connectivity index (χ2v) is 14.6. The summed E-state index contributed by atoms with van der Waals surface area (Å²) in [5, 5.41) is 0. The molecule has 1 fully saturated rings. The molecule has 2 heterocycles. The molecule has 3 aliphatic rings. The zero-order valence-electron chi connectivity index (χ0n) is 17.3.